The van der Waals surface area contributed by atoms with Crippen molar-refractivity contribution < 1.29 is 0 Å². The second-order valence-electron chi connectivity index (χ2n) is 2.59. The topological polar surface area (TPSA) is 15.8 Å². The molecule has 0 spiro atoms. The van der Waals surface area contributed by atoms with E-state index in [0.717, 1.165) is 0 Å². The van der Waals surface area contributed by atoms with Crippen molar-refractivity contribution in [2.75, 3.05) is 0 Å². The first-order chi connectivity index (χ1) is 5.79. The van der Waals surface area contributed by atoms with E-state index in [1.165, 1.54) is 16.5 Å². The number of H-pyrrole nitrogens is 1. The summed E-state index contributed by atoms with van der Waals surface area (Å²) in [5.41, 5.74) is 2.42. The van der Waals surface area contributed by atoms with Gasteiger partial charge in [-0.05, 0) is 6.07 Å². The summed E-state index contributed by atoms with van der Waals surface area (Å²) < 4.78 is 0.223. The van der Waals surface area contributed by atoms with Crippen LogP contribution >= 0.6 is 31.9 Å². The highest BCUT2D eigenvalue weighted by molar-refractivity contribution is 9.24. The molecule has 1 nitrogen and oxygen atoms in total. The number of halogens is 2. The van der Waals surface area contributed by atoms with Crippen molar-refractivity contribution >= 4 is 42.8 Å². The lowest BCUT2D eigenvalue weighted by Crippen LogP contribution is -1.74. The van der Waals surface area contributed by atoms with Crippen LogP contribution in [0, 0.1) is 0 Å². The Morgan fingerprint density at radius 2 is 1.92 bits per heavy atom. The minimum Gasteiger partial charge on any atom is -0.361 e. The Balaban J connectivity index is 2.70. The van der Waals surface area contributed by atoms with Gasteiger partial charge in [-0.15, -0.1) is 0 Å². The second-order valence-corrected chi connectivity index (χ2v) is 5.65. The second kappa shape index (κ2) is 3.23. The Labute approximate surface area is 87.4 Å². The van der Waals surface area contributed by atoms with Crippen molar-refractivity contribution in [1.29, 1.82) is 0 Å². The van der Waals surface area contributed by atoms with E-state index in [9.17, 15) is 0 Å². The molecular formula is C9H7Br2N. The summed E-state index contributed by atoms with van der Waals surface area (Å²) in [6, 6.07) is 8.25. The number of hydrogen-bond donors (Lipinski definition) is 1. The van der Waals surface area contributed by atoms with Crippen LogP contribution in [0.2, 0.25) is 0 Å². The number of hydrogen-bond acceptors (Lipinski definition) is 0. The van der Waals surface area contributed by atoms with E-state index in [1.807, 2.05) is 18.3 Å². The Hall–Kier alpha value is -0.280. The summed E-state index contributed by atoms with van der Waals surface area (Å²) >= 11 is 6.96. The first-order valence-corrected chi connectivity index (χ1v) is 5.46. The van der Waals surface area contributed by atoms with E-state index in [1.54, 1.807) is 0 Å². The van der Waals surface area contributed by atoms with Gasteiger partial charge in [0, 0.05) is 22.7 Å². The van der Waals surface area contributed by atoms with Crippen LogP contribution in [0.3, 0.4) is 0 Å². The standard InChI is InChI=1S/C9H7Br2N/c10-9(11)7-5-12-8-4-2-1-3-6(7)8/h1-5,9,12H. The maximum absolute atomic E-state index is 3.48. The van der Waals surface area contributed by atoms with Crippen molar-refractivity contribution in [1.82, 2.24) is 4.98 Å². The maximum Gasteiger partial charge on any atom is 0.0967 e. The Bertz CT molecular complexity index is 392. The molecule has 0 aliphatic rings. The molecule has 0 bridgehead atoms. The molecular weight excluding hydrogens is 282 g/mol. The van der Waals surface area contributed by atoms with Crippen molar-refractivity contribution in [3.8, 4) is 0 Å². The molecule has 12 heavy (non-hydrogen) atoms. The summed E-state index contributed by atoms with van der Waals surface area (Å²) in [5.74, 6) is 0. The van der Waals surface area contributed by atoms with Gasteiger partial charge in [0.05, 0.1) is 3.74 Å². The zero-order valence-electron chi connectivity index (χ0n) is 6.22. The van der Waals surface area contributed by atoms with Crippen LogP contribution in [0.15, 0.2) is 30.5 Å². The van der Waals surface area contributed by atoms with Crippen LogP contribution in [-0.4, -0.2) is 4.98 Å². The number of benzene rings is 1. The molecule has 0 aliphatic heterocycles. The van der Waals surface area contributed by atoms with Gasteiger partial charge >= 0.3 is 0 Å². The molecule has 0 atom stereocenters. The van der Waals surface area contributed by atoms with Crippen LogP contribution in [-0.2, 0) is 0 Å². The van der Waals surface area contributed by atoms with Crippen LogP contribution in [0.5, 0.6) is 0 Å². The first kappa shape index (κ1) is 8.32. The van der Waals surface area contributed by atoms with Gasteiger partial charge in [-0.1, -0.05) is 50.1 Å². The van der Waals surface area contributed by atoms with E-state index < -0.39 is 0 Å². The average molecular weight is 289 g/mol. The molecule has 3 heteroatoms. The Kier molecular flexibility index (Phi) is 2.24. The highest BCUT2D eigenvalue weighted by Gasteiger charge is 2.07. The number of fused-ring (bicyclic) bond motifs is 1. The lowest BCUT2D eigenvalue weighted by atomic mass is 10.2. The van der Waals surface area contributed by atoms with E-state index in [-0.39, 0.29) is 3.74 Å². The van der Waals surface area contributed by atoms with Gasteiger partial charge in [0.2, 0.25) is 0 Å². The molecule has 0 aliphatic carbocycles. The zero-order chi connectivity index (χ0) is 8.55. The monoisotopic (exact) mass is 287 g/mol. The summed E-state index contributed by atoms with van der Waals surface area (Å²) in [6.07, 6.45) is 2.01. The van der Waals surface area contributed by atoms with Crippen LogP contribution in [0.25, 0.3) is 10.9 Å². The third-order valence-electron chi connectivity index (χ3n) is 1.86. The Morgan fingerprint density at radius 1 is 1.17 bits per heavy atom. The number of aromatic nitrogens is 1. The average Bonchev–Trinajstić information content (AvgIpc) is 2.47. The highest BCUT2D eigenvalue weighted by Crippen LogP contribution is 2.34. The number of nitrogens with one attached hydrogen (secondary N) is 1. The molecule has 1 N–H and O–H groups in total. The van der Waals surface area contributed by atoms with E-state index in [2.05, 4.69) is 49.0 Å². The smallest absolute Gasteiger partial charge is 0.0967 e. The molecule has 0 radical (unpaired) electrons. The lowest BCUT2D eigenvalue weighted by Gasteiger charge is -1.97. The molecule has 1 heterocycles. The fourth-order valence-electron chi connectivity index (χ4n) is 1.27. The fourth-order valence-corrected chi connectivity index (χ4v) is 2.03. The van der Waals surface area contributed by atoms with Gasteiger partial charge in [-0.2, -0.15) is 0 Å². The highest BCUT2D eigenvalue weighted by atomic mass is 79.9. The molecule has 2 rings (SSSR count). The summed E-state index contributed by atoms with van der Waals surface area (Å²) in [4.78, 5) is 3.21. The number of aromatic amines is 1. The van der Waals surface area contributed by atoms with Crippen molar-refractivity contribution in [3.05, 3.63) is 36.0 Å². The van der Waals surface area contributed by atoms with Crippen LogP contribution in [0.1, 0.15) is 9.30 Å². The lowest BCUT2D eigenvalue weighted by molar-refractivity contribution is 1.40. The van der Waals surface area contributed by atoms with Crippen LogP contribution < -0.4 is 0 Å². The molecule has 1 aromatic heterocycles. The minimum atomic E-state index is 0.223. The van der Waals surface area contributed by atoms with Gasteiger partial charge in [0.15, 0.2) is 0 Å². The summed E-state index contributed by atoms with van der Waals surface area (Å²) in [5, 5.41) is 1.26. The fraction of sp³-hybridized carbons (Fsp3) is 0.111. The summed E-state index contributed by atoms with van der Waals surface area (Å²) in [7, 11) is 0. The molecule has 0 fully saturated rings. The number of rotatable bonds is 1. The quantitative estimate of drug-likeness (QED) is 0.765. The molecule has 0 amide bonds. The Morgan fingerprint density at radius 3 is 2.67 bits per heavy atom. The van der Waals surface area contributed by atoms with Gasteiger partial charge in [-0.3, -0.25) is 0 Å². The zero-order valence-corrected chi connectivity index (χ0v) is 9.39. The minimum absolute atomic E-state index is 0.223. The first-order valence-electron chi connectivity index (χ1n) is 3.63. The number of alkyl halides is 2. The molecule has 2 aromatic rings. The van der Waals surface area contributed by atoms with E-state index in [0.29, 0.717) is 0 Å². The van der Waals surface area contributed by atoms with Gasteiger partial charge in [0.1, 0.15) is 0 Å². The molecule has 0 unspecified atom stereocenters. The van der Waals surface area contributed by atoms with Gasteiger partial charge in [0.25, 0.3) is 0 Å². The molecule has 0 saturated carbocycles. The third kappa shape index (κ3) is 1.31. The molecule has 1 aromatic carbocycles. The van der Waals surface area contributed by atoms with Crippen molar-refractivity contribution in [3.63, 3.8) is 0 Å². The maximum atomic E-state index is 3.48. The normalized spacial score (nSPS) is 11.2. The SMILES string of the molecule is BrC(Br)c1c[nH]c2ccccc12. The number of para-hydroxylation sites is 1. The van der Waals surface area contributed by atoms with Crippen molar-refractivity contribution in [2.24, 2.45) is 0 Å². The van der Waals surface area contributed by atoms with Crippen molar-refractivity contribution in [2.45, 2.75) is 3.74 Å². The molecule has 0 saturated heterocycles. The largest absolute Gasteiger partial charge is 0.361 e. The third-order valence-corrected chi connectivity index (χ3v) is 2.84. The van der Waals surface area contributed by atoms with E-state index in [4.69, 9.17) is 0 Å². The molecule has 62 valence electrons. The predicted molar refractivity (Wildman–Crippen MR) is 58.9 cm³/mol. The van der Waals surface area contributed by atoms with Gasteiger partial charge in [-0.25, -0.2) is 0 Å². The summed E-state index contributed by atoms with van der Waals surface area (Å²) in [6.45, 7) is 0. The van der Waals surface area contributed by atoms with Crippen LogP contribution in [0.4, 0.5) is 0 Å². The van der Waals surface area contributed by atoms with Gasteiger partial charge < -0.3 is 4.98 Å². The van der Waals surface area contributed by atoms with E-state index >= 15 is 0 Å². The predicted octanol–water partition coefficient (Wildman–Crippen LogP) is 3.96.